The Kier molecular flexibility index (Phi) is 4.28. The van der Waals surface area contributed by atoms with Crippen LogP contribution in [0.3, 0.4) is 0 Å². The second-order valence-electron chi connectivity index (χ2n) is 7.42. The zero-order chi connectivity index (χ0) is 15.9. The maximum absolute atomic E-state index is 12.9. The lowest BCUT2D eigenvalue weighted by Gasteiger charge is -2.45. The number of aryl methyl sites for hydroxylation is 2. The van der Waals surface area contributed by atoms with E-state index in [4.69, 9.17) is 0 Å². The van der Waals surface area contributed by atoms with Gasteiger partial charge in [0.15, 0.2) is 0 Å². The fourth-order valence-electron chi connectivity index (χ4n) is 4.53. The van der Waals surface area contributed by atoms with Crippen LogP contribution >= 0.6 is 0 Å². The number of carbonyl (C=O) groups is 1. The summed E-state index contributed by atoms with van der Waals surface area (Å²) in [6.07, 6.45) is 6.77. The predicted octanol–water partition coefficient (Wildman–Crippen LogP) is 3.01. The van der Waals surface area contributed by atoms with Crippen LogP contribution < -0.4 is 0 Å². The monoisotopic (exact) mass is 303 g/mol. The summed E-state index contributed by atoms with van der Waals surface area (Å²) in [7, 11) is 1.95. The van der Waals surface area contributed by atoms with Crippen molar-refractivity contribution in [2.24, 2.45) is 18.9 Å². The second-order valence-corrected chi connectivity index (χ2v) is 7.42. The van der Waals surface area contributed by atoms with Gasteiger partial charge in [0.2, 0.25) is 5.91 Å². The molecule has 1 aromatic heterocycles. The predicted molar refractivity (Wildman–Crippen MR) is 87.6 cm³/mol. The van der Waals surface area contributed by atoms with Crippen LogP contribution in [0.25, 0.3) is 0 Å². The number of piperidine rings is 1. The summed E-state index contributed by atoms with van der Waals surface area (Å²) in [5.41, 5.74) is 3.25. The van der Waals surface area contributed by atoms with Gasteiger partial charge in [0, 0.05) is 30.9 Å². The van der Waals surface area contributed by atoms with E-state index in [0.717, 1.165) is 35.3 Å². The molecular weight excluding hydrogens is 274 g/mol. The second kappa shape index (κ2) is 6.05. The molecule has 1 saturated heterocycles. The molecule has 1 aliphatic carbocycles. The van der Waals surface area contributed by atoms with Crippen molar-refractivity contribution in [2.75, 3.05) is 6.54 Å². The number of aromatic nitrogens is 2. The number of hydrogen-bond acceptors (Lipinski definition) is 2. The van der Waals surface area contributed by atoms with E-state index in [1.54, 1.807) is 0 Å². The normalized spacial score (nSPS) is 28.5. The van der Waals surface area contributed by atoms with E-state index in [-0.39, 0.29) is 0 Å². The maximum Gasteiger partial charge on any atom is 0.227 e. The van der Waals surface area contributed by atoms with Crippen LogP contribution in [0.2, 0.25) is 0 Å². The van der Waals surface area contributed by atoms with Crippen LogP contribution in [0.5, 0.6) is 0 Å². The number of carbonyl (C=O) groups excluding carboxylic acids is 1. The summed E-state index contributed by atoms with van der Waals surface area (Å²) in [6, 6.07) is 0.495. The lowest BCUT2D eigenvalue weighted by atomic mass is 9.74. The van der Waals surface area contributed by atoms with E-state index < -0.39 is 0 Å². The smallest absolute Gasteiger partial charge is 0.227 e. The molecule has 0 unspecified atom stereocenters. The van der Waals surface area contributed by atoms with E-state index in [0.29, 0.717) is 18.4 Å². The van der Waals surface area contributed by atoms with Gasteiger partial charge in [-0.1, -0.05) is 6.92 Å². The van der Waals surface area contributed by atoms with Crippen molar-refractivity contribution in [3.8, 4) is 0 Å². The molecule has 0 aromatic carbocycles. The SMILES string of the molecule is Cc1nn(C)c(C)c1CC(=O)N1CCC[C@@H]2C[C@H](C)CC[C@@H]21. The Hall–Kier alpha value is -1.32. The van der Waals surface area contributed by atoms with Crippen molar-refractivity contribution >= 4 is 5.91 Å². The van der Waals surface area contributed by atoms with Gasteiger partial charge in [0.1, 0.15) is 0 Å². The summed E-state index contributed by atoms with van der Waals surface area (Å²) in [5, 5.41) is 4.45. The van der Waals surface area contributed by atoms with Gasteiger partial charge >= 0.3 is 0 Å². The molecule has 1 aromatic rings. The molecule has 0 N–H and O–H groups in total. The summed E-state index contributed by atoms with van der Waals surface area (Å²) >= 11 is 0. The first kappa shape index (κ1) is 15.6. The Balaban J connectivity index is 1.74. The van der Waals surface area contributed by atoms with Crippen LogP contribution in [-0.4, -0.2) is 33.2 Å². The molecule has 1 amide bonds. The quantitative estimate of drug-likeness (QED) is 0.842. The number of likely N-dealkylation sites (tertiary alicyclic amines) is 1. The van der Waals surface area contributed by atoms with E-state index in [2.05, 4.69) is 23.8 Å². The van der Waals surface area contributed by atoms with Gasteiger partial charge < -0.3 is 4.90 Å². The zero-order valence-corrected chi connectivity index (χ0v) is 14.4. The molecule has 22 heavy (non-hydrogen) atoms. The highest BCUT2D eigenvalue weighted by Gasteiger charge is 2.37. The van der Waals surface area contributed by atoms with Gasteiger partial charge in [0.25, 0.3) is 0 Å². The molecule has 0 spiro atoms. The molecule has 2 aliphatic rings. The van der Waals surface area contributed by atoms with Crippen LogP contribution in [0.4, 0.5) is 0 Å². The van der Waals surface area contributed by atoms with Crippen LogP contribution in [-0.2, 0) is 18.3 Å². The average molecular weight is 303 g/mol. The zero-order valence-electron chi connectivity index (χ0n) is 14.4. The molecule has 2 heterocycles. The van der Waals surface area contributed by atoms with Gasteiger partial charge in [-0.25, -0.2) is 0 Å². The van der Waals surface area contributed by atoms with Crippen molar-refractivity contribution in [2.45, 2.75) is 65.3 Å². The fourth-order valence-corrected chi connectivity index (χ4v) is 4.53. The molecule has 3 atom stereocenters. The molecule has 4 heteroatoms. The molecule has 0 bridgehead atoms. The molecule has 4 nitrogen and oxygen atoms in total. The highest BCUT2D eigenvalue weighted by Crippen LogP contribution is 2.38. The van der Waals surface area contributed by atoms with E-state index >= 15 is 0 Å². The number of hydrogen-bond donors (Lipinski definition) is 0. The van der Waals surface area contributed by atoms with Crippen LogP contribution in [0, 0.1) is 25.7 Å². The van der Waals surface area contributed by atoms with Gasteiger partial charge in [-0.3, -0.25) is 9.48 Å². The fraction of sp³-hybridized carbons (Fsp3) is 0.778. The van der Waals surface area contributed by atoms with E-state index in [9.17, 15) is 4.79 Å². The molecule has 122 valence electrons. The van der Waals surface area contributed by atoms with Crippen LogP contribution in [0.15, 0.2) is 0 Å². The first-order valence-electron chi connectivity index (χ1n) is 8.76. The summed E-state index contributed by atoms with van der Waals surface area (Å²) in [5.74, 6) is 1.88. The Morgan fingerprint density at radius 2 is 2.05 bits per heavy atom. The number of rotatable bonds is 2. The Morgan fingerprint density at radius 1 is 1.27 bits per heavy atom. The van der Waals surface area contributed by atoms with E-state index in [1.165, 1.54) is 32.1 Å². The summed E-state index contributed by atoms with van der Waals surface area (Å²) in [4.78, 5) is 15.1. The highest BCUT2D eigenvalue weighted by atomic mass is 16.2. The highest BCUT2D eigenvalue weighted by molar-refractivity contribution is 5.79. The Labute approximate surface area is 133 Å². The van der Waals surface area contributed by atoms with Gasteiger partial charge in [-0.2, -0.15) is 5.10 Å². The Bertz CT molecular complexity index is 563. The first-order valence-corrected chi connectivity index (χ1v) is 8.76. The minimum Gasteiger partial charge on any atom is -0.339 e. The van der Waals surface area contributed by atoms with Crippen molar-refractivity contribution in [1.82, 2.24) is 14.7 Å². The standard InChI is InChI=1S/C18H29N3O/c1-12-7-8-17-15(10-12)6-5-9-21(17)18(22)11-16-13(2)19-20(4)14(16)3/h12,15,17H,5-11H2,1-4H3/t12-,15-,17+/m1/s1. The number of amides is 1. The first-order chi connectivity index (χ1) is 10.5. The topological polar surface area (TPSA) is 38.1 Å². The van der Waals surface area contributed by atoms with Gasteiger partial charge in [-0.15, -0.1) is 0 Å². The molecule has 3 rings (SSSR count). The number of nitrogens with zero attached hydrogens (tertiary/aromatic N) is 3. The lowest BCUT2D eigenvalue weighted by molar-refractivity contribution is -0.137. The van der Waals surface area contributed by atoms with Gasteiger partial charge in [-0.05, 0) is 57.8 Å². The minimum atomic E-state index is 0.309. The lowest BCUT2D eigenvalue weighted by Crippen LogP contribution is -2.51. The van der Waals surface area contributed by atoms with E-state index in [1.807, 2.05) is 18.7 Å². The summed E-state index contributed by atoms with van der Waals surface area (Å²) in [6.45, 7) is 7.38. The van der Waals surface area contributed by atoms with Crippen LogP contribution in [0.1, 0.15) is 56.0 Å². The maximum atomic E-state index is 12.9. The largest absolute Gasteiger partial charge is 0.339 e. The average Bonchev–Trinajstić information content (AvgIpc) is 2.72. The van der Waals surface area contributed by atoms with Crippen molar-refractivity contribution in [3.05, 3.63) is 17.0 Å². The number of fused-ring (bicyclic) bond motifs is 1. The third kappa shape index (κ3) is 2.80. The summed E-state index contributed by atoms with van der Waals surface area (Å²) < 4.78 is 1.89. The molecule has 1 aliphatic heterocycles. The third-order valence-electron chi connectivity index (χ3n) is 5.89. The van der Waals surface area contributed by atoms with Crippen molar-refractivity contribution < 1.29 is 4.79 Å². The third-order valence-corrected chi connectivity index (χ3v) is 5.89. The Morgan fingerprint density at radius 3 is 2.73 bits per heavy atom. The molecule has 2 fully saturated rings. The molecule has 1 saturated carbocycles. The van der Waals surface area contributed by atoms with Gasteiger partial charge in [0.05, 0.1) is 12.1 Å². The molecular formula is C18H29N3O. The molecule has 0 radical (unpaired) electrons. The van der Waals surface area contributed by atoms with Crippen molar-refractivity contribution in [1.29, 1.82) is 0 Å². The minimum absolute atomic E-state index is 0.309. The van der Waals surface area contributed by atoms with Crippen molar-refractivity contribution in [3.63, 3.8) is 0 Å².